The largest absolute Gasteiger partial charge is 0.342 e. The van der Waals surface area contributed by atoms with Gasteiger partial charge in [-0.15, -0.1) is 0 Å². The molecular formula is C12H17NO5. The first-order valence-electron chi connectivity index (χ1n) is 6.34. The number of imide groups is 1. The van der Waals surface area contributed by atoms with Crippen molar-refractivity contribution in [1.29, 1.82) is 0 Å². The molecule has 0 radical (unpaired) electrons. The van der Waals surface area contributed by atoms with Crippen molar-refractivity contribution in [1.82, 2.24) is 4.90 Å². The van der Waals surface area contributed by atoms with Gasteiger partial charge in [0.2, 0.25) is 11.8 Å². The van der Waals surface area contributed by atoms with Crippen LogP contribution in [0.4, 0.5) is 0 Å². The lowest BCUT2D eigenvalue weighted by atomic mass is 9.81. The third-order valence-electron chi connectivity index (χ3n) is 3.80. The van der Waals surface area contributed by atoms with Crippen LogP contribution in [0.2, 0.25) is 0 Å². The van der Waals surface area contributed by atoms with Crippen LogP contribution in [0.15, 0.2) is 0 Å². The molecule has 2 atom stereocenters. The minimum absolute atomic E-state index is 0.00287. The van der Waals surface area contributed by atoms with Crippen LogP contribution in [0, 0.1) is 11.8 Å². The van der Waals surface area contributed by atoms with E-state index >= 15 is 0 Å². The summed E-state index contributed by atoms with van der Waals surface area (Å²) in [4.78, 5) is 39.6. The topological polar surface area (TPSA) is 83.9 Å². The predicted molar refractivity (Wildman–Crippen MR) is 60.1 cm³/mol. The lowest BCUT2D eigenvalue weighted by Crippen LogP contribution is -2.32. The average Bonchev–Trinajstić information content (AvgIpc) is 2.64. The Bertz CT molecular complexity index is 343. The summed E-state index contributed by atoms with van der Waals surface area (Å²) < 4.78 is 0. The lowest BCUT2D eigenvalue weighted by Gasteiger charge is -2.19. The minimum atomic E-state index is -0.744. The van der Waals surface area contributed by atoms with Crippen LogP contribution >= 0.6 is 0 Å². The Balaban J connectivity index is 1.90. The zero-order valence-corrected chi connectivity index (χ0v) is 10.1. The number of fused-ring (bicyclic) bond motifs is 1. The van der Waals surface area contributed by atoms with Crippen LogP contribution in [-0.2, 0) is 19.3 Å². The van der Waals surface area contributed by atoms with Gasteiger partial charge < -0.3 is 4.89 Å². The molecule has 1 saturated heterocycles. The number of hydrogen-bond acceptors (Lipinski definition) is 5. The van der Waals surface area contributed by atoms with E-state index in [1.54, 1.807) is 0 Å². The Labute approximate surface area is 105 Å². The minimum Gasteiger partial charge on any atom is -0.301 e. The van der Waals surface area contributed by atoms with E-state index in [2.05, 4.69) is 4.89 Å². The van der Waals surface area contributed by atoms with Gasteiger partial charge in [-0.2, -0.15) is 5.26 Å². The molecule has 1 aliphatic heterocycles. The molecule has 1 heterocycles. The molecule has 0 spiro atoms. The zero-order chi connectivity index (χ0) is 13.1. The van der Waals surface area contributed by atoms with E-state index in [0.29, 0.717) is 6.42 Å². The molecule has 2 aliphatic rings. The van der Waals surface area contributed by atoms with Crippen molar-refractivity contribution in [2.75, 3.05) is 6.54 Å². The molecule has 1 aliphatic carbocycles. The summed E-state index contributed by atoms with van der Waals surface area (Å²) in [5.41, 5.74) is 0. The van der Waals surface area contributed by atoms with Crippen LogP contribution in [0.1, 0.15) is 38.5 Å². The van der Waals surface area contributed by atoms with Crippen LogP contribution in [0.25, 0.3) is 0 Å². The number of carbonyl (C=O) groups excluding carboxylic acids is 3. The summed E-state index contributed by atoms with van der Waals surface area (Å²) in [6.07, 6.45) is 3.93. The standard InChI is InChI=1S/C12H17NO5/c14-10(18-17)6-3-7-13-11(15)8-4-1-2-5-9(8)12(13)16/h8-9,17H,1-7H2. The predicted octanol–water partition coefficient (Wildman–Crippen LogP) is 0.958. The Hall–Kier alpha value is -1.43. The molecule has 6 heteroatoms. The molecular weight excluding hydrogens is 238 g/mol. The summed E-state index contributed by atoms with van der Waals surface area (Å²) >= 11 is 0. The van der Waals surface area contributed by atoms with E-state index in [-0.39, 0.29) is 36.6 Å². The Morgan fingerprint density at radius 3 is 2.28 bits per heavy atom. The average molecular weight is 255 g/mol. The quantitative estimate of drug-likeness (QED) is 0.459. The molecule has 0 bridgehead atoms. The van der Waals surface area contributed by atoms with Crippen molar-refractivity contribution >= 4 is 17.8 Å². The van der Waals surface area contributed by atoms with Crippen molar-refractivity contribution in [3.8, 4) is 0 Å². The summed E-state index contributed by atoms with van der Waals surface area (Å²) in [6.45, 7) is 0.236. The fourth-order valence-corrected chi connectivity index (χ4v) is 2.88. The van der Waals surface area contributed by atoms with E-state index in [1.165, 1.54) is 4.90 Å². The van der Waals surface area contributed by atoms with Crippen LogP contribution in [0.3, 0.4) is 0 Å². The third-order valence-corrected chi connectivity index (χ3v) is 3.80. The molecule has 0 aromatic heterocycles. The van der Waals surface area contributed by atoms with Gasteiger partial charge in [-0.05, 0) is 19.3 Å². The van der Waals surface area contributed by atoms with E-state index in [9.17, 15) is 14.4 Å². The molecule has 2 unspecified atom stereocenters. The summed E-state index contributed by atoms with van der Waals surface area (Å²) in [5, 5.41) is 8.10. The first-order valence-corrected chi connectivity index (χ1v) is 6.34. The fourth-order valence-electron chi connectivity index (χ4n) is 2.88. The molecule has 18 heavy (non-hydrogen) atoms. The lowest BCUT2D eigenvalue weighted by molar-refractivity contribution is -0.234. The summed E-state index contributed by atoms with van der Waals surface area (Å²) in [5.74, 6) is -1.22. The van der Waals surface area contributed by atoms with Crippen molar-refractivity contribution in [2.45, 2.75) is 38.5 Å². The third kappa shape index (κ3) is 2.38. The van der Waals surface area contributed by atoms with Crippen molar-refractivity contribution in [2.24, 2.45) is 11.8 Å². The molecule has 1 N–H and O–H groups in total. The molecule has 1 saturated carbocycles. The maximum absolute atomic E-state index is 12.0. The van der Waals surface area contributed by atoms with Crippen LogP contribution < -0.4 is 0 Å². The van der Waals surface area contributed by atoms with Crippen LogP contribution in [0.5, 0.6) is 0 Å². The number of amides is 2. The van der Waals surface area contributed by atoms with Crippen molar-refractivity contribution in [3.05, 3.63) is 0 Å². The summed E-state index contributed by atoms with van der Waals surface area (Å²) in [6, 6.07) is 0. The number of nitrogens with zero attached hydrogens (tertiary/aromatic N) is 1. The first-order chi connectivity index (χ1) is 8.65. The molecule has 100 valence electrons. The molecule has 2 fully saturated rings. The second-order valence-electron chi connectivity index (χ2n) is 4.89. The Morgan fingerprint density at radius 1 is 1.22 bits per heavy atom. The van der Waals surface area contributed by atoms with Crippen molar-refractivity contribution < 1.29 is 24.5 Å². The SMILES string of the molecule is O=C(CCCN1C(=O)C2CCCCC2C1=O)OO. The van der Waals surface area contributed by atoms with Gasteiger partial charge in [0, 0.05) is 6.54 Å². The van der Waals surface area contributed by atoms with Gasteiger partial charge in [-0.3, -0.25) is 14.5 Å². The number of likely N-dealkylation sites (tertiary alicyclic amines) is 1. The van der Waals surface area contributed by atoms with E-state index < -0.39 is 5.97 Å². The maximum atomic E-state index is 12.0. The normalized spacial score (nSPS) is 27.3. The molecule has 2 amide bonds. The van der Waals surface area contributed by atoms with E-state index in [0.717, 1.165) is 25.7 Å². The number of carbonyl (C=O) groups is 3. The first kappa shape index (κ1) is 13.0. The highest BCUT2D eigenvalue weighted by Crippen LogP contribution is 2.37. The second kappa shape index (κ2) is 5.48. The Kier molecular flexibility index (Phi) is 3.96. The maximum Gasteiger partial charge on any atom is 0.342 e. The van der Waals surface area contributed by atoms with Crippen LogP contribution in [-0.4, -0.2) is 34.5 Å². The summed E-state index contributed by atoms with van der Waals surface area (Å²) in [7, 11) is 0. The van der Waals surface area contributed by atoms with Crippen molar-refractivity contribution in [3.63, 3.8) is 0 Å². The molecule has 0 aromatic carbocycles. The van der Waals surface area contributed by atoms with E-state index in [1.807, 2.05) is 0 Å². The van der Waals surface area contributed by atoms with Gasteiger partial charge in [0.25, 0.3) is 0 Å². The fraction of sp³-hybridized carbons (Fsp3) is 0.750. The highest BCUT2D eigenvalue weighted by Gasteiger charge is 2.47. The Morgan fingerprint density at radius 2 is 1.78 bits per heavy atom. The highest BCUT2D eigenvalue weighted by molar-refractivity contribution is 6.05. The number of hydrogen-bond donors (Lipinski definition) is 1. The zero-order valence-electron chi connectivity index (χ0n) is 10.1. The van der Waals surface area contributed by atoms with Gasteiger partial charge in [-0.25, -0.2) is 4.79 Å². The van der Waals surface area contributed by atoms with Gasteiger partial charge in [-0.1, -0.05) is 12.8 Å². The van der Waals surface area contributed by atoms with E-state index in [4.69, 9.17) is 5.26 Å². The van der Waals surface area contributed by atoms with Gasteiger partial charge >= 0.3 is 5.97 Å². The monoisotopic (exact) mass is 255 g/mol. The van der Waals surface area contributed by atoms with Gasteiger partial charge in [0.15, 0.2) is 0 Å². The number of rotatable bonds is 4. The highest BCUT2D eigenvalue weighted by atomic mass is 17.1. The van der Waals surface area contributed by atoms with Gasteiger partial charge in [0.1, 0.15) is 0 Å². The second-order valence-corrected chi connectivity index (χ2v) is 4.89. The van der Waals surface area contributed by atoms with Gasteiger partial charge in [0.05, 0.1) is 18.3 Å². The smallest absolute Gasteiger partial charge is 0.301 e. The molecule has 2 rings (SSSR count). The molecule has 0 aromatic rings. The molecule has 6 nitrogen and oxygen atoms in total.